The van der Waals surface area contributed by atoms with E-state index in [-0.39, 0.29) is 17.6 Å². The molecule has 1 aliphatic rings. The minimum absolute atomic E-state index is 0.0179. The van der Waals surface area contributed by atoms with Crippen molar-refractivity contribution in [2.24, 2.45) is 5.92 Å². The van der Waals surface area contributed by atoms with Crippen molar-refractivity contribution in [3.63, 3.8) is 0 Å². The van der Waals surface area contributed by atoms with Crippen LogP contribution in [0, 0.1) is 11.7 Å². The van der Waals surface area contributed by atoms with Crippen LogP contribution in [0.15, 0.2) is 36.8 Å². The van der Waals surface area contributed by atoms with Crippen LogP contribution in [0.3, 0.4) is 0 Å². The van der Waals surface area contributed by atoms with E-state index >= 15 is 0 Å². The third kappa shape index (κ3) is 4.28. The highest BCUT2D eigenvalue weighted by Crippen LogP contribution is 2.28. The van der Waals surface area contributed by atoms with Crippen molar-refractivity contribution in [2.45, 2.75) is 19.8 Å². The molecule has 3 aromatic rings. The standard InChI is InChI=1S/C21H22ClFN6O/c1-2-4-18(30)29-6-3-5-13(12-29)8-24-21-17(23)11-27-20(28-21)16-10-26-19-15(16)7-14(22)9-25-19/h2,4,7,9-11,13H,3,5-6,8,12H2,1H3,(H,25,26)(H,24,27,28)/t13-/m0/s1. The first-order chi connectivity index (χ1) is 14.5. The normalized spacial score (nSPS) is 17.0. The Morgan fingerprint density at radius 1 is 1.43 bits per heavy atom. The molecule has 1 amide bonds. The molecule has 2 N–H and O–H groups in total. The topological polar surface area (TPSA) is 86.8 Å². The summed E-state index contributed by atoms with van der Waals surface area (Å²) in [4.78, 5) is 29.7. The number of halogens is 2. The summed E-state index contributed by atoms with van der Waals surface area (Å²) in [6.07, 6.45) is 9.66. The summed E-state index contributed by atoms with van der Waals surface area (Å²) in [5, 5.41) is 4.37. The number of likely N-dealkylation sites (tertiary alicyclic amines) is 1. The van der Waals surface area contributed by atoms with E-state index in [1.165, 1.54) is 0 Å². The largest absolute Gasteiger partial charge is 0.367 e. The molecule has 0 radical (unpaired) electrons. The number of rotatable bonds is 5. The van der Waals surface area contributed by atoms with Crippen LogP contribution in [0.5, 0.6) is 0 Å². The van der Waals surface area contributed by atoms with E-state index in [1.54, 1.807) is 30.6 Å². The Morgan fingerprint density at radius 2 is 2.30 bits per heavy atom. The lowest BCUT2D eigenvalue weighted by Gasteiger charge is -2.32. The van der Waals surface area contributed by atoms with E-state index < -0.39 is 5.82 Å². The van der Waals surface area contributed by atoms with Crippen LogP contribution in [0.25, 0.3) is 22.4 Å². The summed E-state index contributed by atoms with van der Waals surface area (Å²) < 4.78 is 14.3. The molecule has 0 spiro atoms. The van der Waals surface area contributed by atoms with E-state index in [2.05, 4.69) is 25.3 Å². The molecular formula is C21H22ClFN6O. The van der Waals surface area contributed by atoms with Gasteiger partial charge in [-0.25, -0.2) is 19.3 Å². The van der Waals surface area contributed by atoms with Crippen molar-refractivity contribution in [2.75, 3.05) is 25.0 Å². The number of anilines is 1. The molecule has 0 aromatic carbocycles. The fourth-order valence-corrected chi connectivity index (χ4v) is 3.86. The Kier molecular flexibility index (Phi) is 5.94. The first-order valence-electron chi connectivity index (χ1n) is 9.86. The SMILES string of the molecule is CC=CC(=O)N1CCC[C@@H](CNc2nc(-c3c[nH]c4ncc(Cl)cc34)ncc2F)C1. The maximum atomic E-state index is 14.3. The molecule has 1 saturated heterocycles. The van der Waals surface area contributed by atoms with Gasteiger partial charge < -0.3 is 15.2 Å². The van der Waals surface area contributed by atoms with Gasteiger partial charge in [0.2, 0.25) is 5.91 Å². The molecule has 4 heterocycles. The first-order valence-corrected chi connectivity index (χ1v) is 10.2. The highest BCUT2D eigenvalue weighted by molar-refractivity contribution is 6.31. The second-order valence-electron chi connectivity index (χ2n) is 7.32. The molecular weight excluding hydrogens is 407 g/mol. The number of nitrogens with one attached hydrogen (secondary N) is 2. The molecule has 1 fully saturated rings. The van der Waals surface area contributed by atoms with Crippen molar-refractivity contribution in [1.82, 2.24) is 24.8 Å². The lowest BCUT2D eigenvalue weighted by molar-refractivity contribution is -0.127. The Hall–Kier alpha value is -3.00. The van der Waals surface area contributed by atoms with Gasteiger partial charge in [-0.05, 0) is 37.8 Å². The van der Waals surface area contributed by atoms with E-state index in [0.717, 1.165) is 31.0 Å². The molecule has 4 rings (SSSR count). The number of pyridine rings is 1. The van der Waals surface area contributed by atoms with Crippen LogP contribution >= 0.6 is 11.6 Å². The third-order valence-corrected chi connectivity index (χ3v) is 5.39. The number of piperidine rings is 1. The van der Waals surface area contributed by atoms with Gasteiger partial charge in [0.1, 0.15) is 5.65 Å². The van der Waals surface area contributed by atoms with E-state index in [0.29, 0.717) is 35.1 Å². The molecule has 7 nitrogen and oxygen atoms in total. The zero-order valence-corrected chi connectivity index (χ0v) is 17.3. The molecule has 30 heavy (non-hydrogen) atoms. The number of hydrogen-bond donors (Lipinski definition) is 2. The number of carbonyl (C=O) groups is 1. The Balaban J connectivity index is 1.50. The molecule has 0 unspecified atom stereocenters. The number of amides is 1. The van der Waals surface area contributed by atoms with Gasteiger partial charge in [0.15, 0.2) is 17.5 Å². The van der Waals surface area contributed by atoms with Crippen LogP contribution in [0.2, 0.25) is 5.02 Å². The second-order valence-corrected chi connectivity index (χ2v) is 7.75. The molecule has 1 atom stereocenters. The highest BCUT2D eigenvalue weighted by atomic mass is 35.5. The average molecular weight is 429 g/mol. The molecule has 1 aliphatic heterocycles. The molecule has 0 saturated carbocycles. The third-order valence-electron chi connectivity index (χ3n) is 5.18. The molecule has 156 valence electrons. The van der Waals surface area contributed by atoms with Gasteiger partial charge in [-0.2, -0.15) is 0 Å². The van der Waals surface area contributed by atoms with Gasteiger partial charge in [0.25, 0.3) is 0 Å². The zero-order valence-electron chi connectivity index (χ0n) is 16.5. The van der Waals surface area contributed by atoms with Crippen LogP contribution in [-0.4, -0.2) is 50.4 Å². The van der Waals surface area contributed by atoms with E-state index in [1.807, 2.05) is 11.8 Å². The van der Waals surface area contributed by atoms with Gasteiger partial charge in [-0.15, -0.1) is 0 Å². The van der Waals surface area contributed by atoms with E-state index in [4.69, 9.17) is 11.6 Å². The summed E-state index contributed by atoms with van der Waals surface area (Å²) in [5.74, 6) is 0.238. The zero-order chi connectivity index (χ0) is 21.1. The predicted octanol–water partition coefficient (Wildman–Crippen LogP) is 4.04. The lowest BCUT2D eigenvalue weighted by atomic mass is 9.98. The molecule has 3 aromatic heterocycles. The van der Waals surface area contributed by atoms with Crippen molar-refractivity contribution >= 4 is 34.4 Å². The number of H-pyrrole nitrogens is 1. The predicted molar refractivity (Wildman–Crippen MR) is 115 cm³/mol. The number of nitrogens with zero attached hydrogens (tertiary/aromatic N) is 4. The van der Waals surface area contributed by atoms with Crippen LogP contribution < -0.4 is 5.32 Å². The number of fused-ring (bicyclic) bond motifs is 1. The number of carbonyl (C=O) groups excluding carboxylic acids is 1. The second kappa shape index (κ2) is 8.79. The summed E-state index contributed by atoms with van der Waals surface area (Å²) in [7, 11) is 0. The lowest BCUT2D eigenvalue weighted by Crippen LogP contribution is -2.41. The summed E-state index contributed by atoms with van der Waals surface area (Å²) in [6.45, 7) is 3.74. The average Bonchev–Trinajstić information content (AvgIpc) is 3.16. The smallest absolute Gasteiger partial charge is 0.246 e. The van der Waals surface area contributed by atoms with Crippen LogP contribution in [-0.2, 0) is 4.79 Å². The Labute approximate surface area is 178 Å². The number of hydrogen-bond acceptors (Lipinski definition) is 5. The van der Waals surface area contributed by atoms with Crippen LogP contribution in [0.4, 0.5) is 10.2 Å². The number of aromatic nitrogens is 4. The monoisotopic (exact) mass is 428 g/mol. The van der Waals surface area contributed by atoms with Gasteiger partial charge in [-0.3, -0.25) is 4.79 Å². The minimum Gasteiger partial charge on any atom is -0.367 e. The van der Waals surface area contributed by atoms with Gasteiger partial charge in [0.05, 0.1) is 11.2 Å². The summed E-state index contributed by atoms with van der Waals surface area (Å²) in [5.41, 5.74) is 1.36. The van der Waals surface area contributed by atoms with Crippen molar-refractivity contribution in [1.29, 1.82) is 0 Å². The van der Waals surface area contributed by atoms with Gasteiger partial charge in [0, 0.05) is 43.0 Å². The number of aromatic amines is 1. The Morgan fingerprint density at radius 3 is 3.13 bits per heavy atom. The minimum atomic E-state index is -0.521. The maximum Gasteiger partial charge on any atom is 0.246 e. The first kappa shape index (κ1) is 20.3. The quantitative estimate of drug-likeness (QED) is 0.599. The molecule has 0 bridgehead atoms. The summed E-state index contributed by atoms with van der Waals surface area (Å²) in [6, 6.07) is 1.77. The Bertz CT molecular complexity index is 1100. The van der Waals surface area contributed by atoms with Crippen molar-refractivity contribution in [3.05, 3.63) is 47.6 Å². The molecule has 0 aliphatic carbocycles. The van der Waals surface area contributed by atoms with Crippen molar-refractivity contribution in [3.8, 4) is 11.4 Å². The fraction of sp³-hybridized carbons (Fsp3) is 0.333. The van der Waals surface area contributed by atoms with Crippen molar-refractivity contribution < 1.29 is 9.18 Å². The van der Waals surface area contributed by atoms with Crippen LogP contribution in [0.1, 0.15) is 19.8 Å². The molecule has 9 heteroatoms. The summed E-state index contributed by atoms with van der Waals surface area (Å²) >= 11 is 6.06. The van der Waals surface area contributed by atoms with Gasteiger partial charge >= 0.3 is 0 Å². The number of allylic oxidation sites excluding steroid dienone is 1. The van der Waals surface area contributed by atoms with Gasteiger partial charge in [-0.1, -0.05) is 17.7 Å². The maximum absolute atomic E-state index is 14.3. The van der Waals surface area contributed by atoms with E-state index in [9.17, 15) is 9.18 Å². The highest BCUT2D eigenvalue weighted by Gasteiger charge is 2.23. The fourth-order valence-electron chi connectivity index (χ4n) is 3.70.